The fraction of sp³-hybridized carbons (Fsp3) is 0.500. The van der Waals surface area contributed by atoms with Crippen LogP contribution in [0.25, 0.3) is 0 Å². The van der Waals surface area contributed by atoms with Gasteiger partial charge < -0.3 is 24.4 Å². The van der Waals surface area contributed by atoms with Crippen molar-refractivity contribution in [1.29, 1.82) is 0 Å². The predicted molar refractivity (Wildman–Crippen MR) is 108 cm³/mol. The minimum absolute atomic E-state index is 0.0988. The maximum Gasteiger partial charge on any atom is 0.286 e. The van der Waals surface area contributed by atoms with Gasteiger partial charge in [0, 0.05) is 45.8 Å². The topological polar surface area (TPSA) is 94.8 Å². The minimum atomic E-state index is -0.184. The Kier molecular flexibility index (Phi) is 5.64. The van der Waals surface area contributed by atoms with Gasteiger partial charge >= 0.3 is 0 Å². The minimum Gasteiger partial charge on any atom is -0.459 e. The summed E-state index contributed by atoms with van der Waals surface area (Å²) in [6.45, 7) is 4.13. The number of nitrogens with one attached hydrogen (secondary N) is 1. The fourth-order valence-electron chi connectivity index (χ4n) is 3.81. The molecule has 9 heteroatoms. The molecule has 1 unspecified atom stereocenters. The molecule has 2 amide bonds. The molecule has 1 N–H and O–H groups in total. The Hall–Kier alpha value is -3.10. The third-order valence-electron chi connectivity index (χ3n) is 5.56. The Morgan fingerprint density at radius 3 is 2.83 bits per heavy atom. The number of furan rings is 1. The van der Waals surface area contributed by atoms with E-state index in [1.807, 2.05) is 18.0 Å². The summed E-state index contributed by atoms with van der Waals surface area (Å²) in [5, 5.41) is 2.96. The summed E-state index contributed by atoms with van der Waals surface area (Å²) in [5.74, 6) is 2.23. The Bertz CT molecular complexity index is 856. The van der Waals surface area contributed by atoms with Gasteiger partial charge in [0.2, 0.25) is 5.91 Å². The quantitative estimate of drug-likeness (QED) is 0.803. The van der Waals surface area contributed by atoms with E-state index >= 15 is 0 Å². The van der Waals surface area contributed by atoms with Crippen molar-refractivity contribution in [3.8, 4) is 0 Å². The molecule has 0 spiro atoms. The van der Waals surface area contributed by atoms with Crippen LogP contribution in [0.5, 0.6) is 0 Å². The number of hydrogen-bond acceptors (Lipinski definition) is 7. The Labute approximate surface area is 169 Å². The largest absolute Gasteiger partial charge is 0.459 e. The molecule has 0 aromatic carbocycles. The van der Waals surface area contributed by atoms with E-state index < -0.39 is 0 Å². The lowest BCUT2D eigenvalue weighted by molar-refractivity contribution is -0.129. The van der Waals surface area contributed by atoms with Crippen LogP contribution in [-0.2, 0) is 4.79 Å². The van der Waals surface area contributed by atoms with Gasteiger partial charge in [-0.1, -0.05) is 0 Å². The van der Waals surface area contributed by atoms with Crippen LogP contribution >= 0.6 is 0 Å². The van der Waals surface area contributed by atoms with Crippen molar-refractivity contribution in [2.75, 3.05) is 56.1 Å². The van der Waals surface area contributed by atoms with E-state index in [2.05, 4.69) is 20.2 Å². The molecular weight excluding hydrogens is 372 g/mol. The lowest BCUT2D eigenvalue weighted by Gasteiger charge is -2.35. The van der Waals surface area contributed by atoms with Crippen molar-refractivity contribution >= 4 is 23.5 Å². The van der Waals surface area contributed by atoms with Crippen LogP contribution in [-0.4, -0.2) is 73.0 Å². The van der Waals surface area contributed by atoms with Crippen molar-refractivity contribution in [3.05, 3.63) is 36.5 Å². The maximum absolute atomic E-state index is 12.1. The van der Waals surface area contributed by atoms with Crippen LogP contribution in [0.1, 0.15) is 23.4 Å². The molecule has 2 aliphatic rings. The van der Waals surface area contributed by atoms with Gasteiger partial charge in [-0.25, -0.2) is 9.97 Å². The van der Waals surface area contributed by atoms with Gasteiger partial charge in [0.05, 0.1) is 12.8 Å². The first-order valence-corrected chi connectivity index (χ1v) is 9.98. The van der Waals surface area contributed by atoms with Crippen LogP contribution in [0.4, 0.5) is 11.6 Å². The van der Waals surface area contributed by atoms with Crippen molar-refractivity contribution in [3.63, 3.8) is 0 Å². The molecule has 2 aromatic heterocycles. The van der Waals surface area contributed by atoms with Gasteiger partial charge in [-0.3, -0.25) is 9.59 Å². The second kappa shape index (κ2) is 8.50. The number of anilines is 2. The van der Waals surface area contributed by atoms with E-state index in [1.54, 1.807) is 23.4 Å². The average molecular weight is 398 g/mol. The number of carbonyl (C=O) groups is 2. The van der Waals surface area contributed by atoms with Crippen LogP contribution in [0.2, 0.25) is 0 Å². The smallest absolute Gasteiger partial charge is 0.286 e. The van der Waals surface area contributed by atoms with Crippen molar-refractivity contribution in [2.24, 2.45) is 5.92 Å². The molecule has 29 heavy (non-hydrogen) atoms. The first-order valence-electron chi connectivity index (χ1n) is 9.98. The van der Waals surface area contributed by atoms with Crippen molar-refractivity contribution < 1.29 is 14.0 Å². The third kappa shape index (κ3) is 4.49. The fourth-order valence-corrected chi connectivity index (χ4v) is 3.81. The van der Waals surface area contributed by atoms with Crippen molar-refractivity contribution in [2.45, 2.75) is 12.8 Å². The molecule has 0 radical (unpaired) electrons. The number of piperazine rings is 1. The molecule has 2 aliphatic heterocycles. The highest BCUT2D eigenvalue weighted by molar-refractivity contribution is 5.91. The lowest BCUT2D eigenvalue weighted by atomic mass is 9.98. The Morgan fingerprint density at radius 2 is 2.07 bits per heavy atom. The Morgan fingerprint density at radius 1 is 1.24 bits per heavy atom. The van der Waals surface area contributed by atoms with Gasteiger partial charge in [-0.05, 0) is 30.9 Å². The summed E-state index contributed by atoms with van der Waals surface area (Å²) in [7, 11) is 1.82. The van der Waals surface area contributed by atoms with Gasteiger partial charge in [-0.2, -0.15) is 0 Å². The summed E-state index contributed by atoms with van der Waals surface area (Å²) in [5.41, 5.74) is 0. The molecule has 0 aliphatic carbocycles. The summed E-state index contributed by atoms with van der Waals surface area (Å²) >= 11 is 0. The Balaban J connectivity index is 1.37. The first kappa shape index (κ1) is 19.2. The number of rotatable bonds is 5. The molecule has 2 fully saturated rings. The molecule has 154 valence electrons. The van der Waals surface area contributed by atoms with E-state index in [0.717, 1.165) is 44.1 Å². The average Bonchev–Trinajstić information content (AvgIpc) is 3.29. The molecule has 9 nitrogen and oxygen atoms in total. The second-order valence-corrected chi connectivity index (χ2v) is 7.61. The second-order valence-electron chi connectivity index (χ2n) is 7.61. The van der Waals surface area contributed by atoms with Gasteiger partial charge in [0.25, 0.3) is 5.91 Å². The zero-order valence-corrected chi connectivity index (χ0v) is 16.6. The number of aromatic nitrogens is 2. The van der Waals surface area contributed by atoms with E-state index in [1.165, 1.54) is 6.26 Å². The molecule has 0 saturated carbocycles. The van der Waals surface area contributed by atoms with Crippen molar-refractivity contribution in [1.82, 2.24) is 20.2 Å². The highest BCUT2D eigenvalue weighted by Crippen LogP contribution is 2.24. The van der Waals surface area contributed by atoms with E-state index in [9.17, 15) is 9.59 Å². The summed E-state index contributed by atoms with van der Waals surface area (Å²) in [6.07, 6.45) is 5.15. The molecule has 4 heterocycles. The monoisotopic (exact) mass is 398 g/mol. The number of nitrogens with zero attached hydrogens (tertiary/aromatic N) is 5. The standard InChI is InChI=1S/C20H26N6O3/c1-24-7-8-26(13-19(24)27)18-10-17(22-14-23-18)25-6-2-4-15(12-25)11-21-20(28)16-5-3-9-29-16/h3,5,9-10,14-15H,2,4,6-8,11-13H2,1H3,(H,21,28). The molecule has 2 aromatic rings. The van der Waals surface area contributed by atoms with E-state index in [-0.39, 0.29) is 11.8 Å². The first-order chi connectivity index (χ1) is 14.1. The van der Waals surface area contributed by atoms with Crippen LogP contribution in [0.3, 0.4) is 0 Å². The highest BCUT2D eigenvalue weighted by Gasteiger charge is 2.25. The third-order valence-corrected chi connectivity index (χ3v) is 5.56. The highest BCUT2D eigenvalue weighted by atomic mass is 16.3. The normalized spacial score (nSPS) is 20.1. The number of likely N-dealkylation sites (N-methyl/N-ethyl adjacent to an activating group) is 1. The van der Waals surface area contributed by atoms with Gasteiger partial charge in [0.1, 0.15) is 18.0 Å². The van der Waals surface area contributed by atoms with E-state index in [4.69, 9.17) is 4.42 Å². The zero-order chi connectivity index (χ0) is 20.2. The number of piperidine rings is 1. The molecular formula is C20H26N6O3. The lowest BCUT2D eigenvalue weighted by Crippen LogP contribution is -2.49. The number of amides is 2. The van der Waals surface area contributed by atoms with Crippen LogP contribution in [0.15, 0.2) is 35.2 Å². The van der Waals surface area contributed by atoms with Gasteiger partial charge in [-0.15, -0.1) is 0 Å². The van der Waals surface area contributed by atoms with E-state index in [0.29, 0.717) is 31.3 Å². The molecule has 0 bridgehead atoms. The van der Waals surface area contributed by atoms with Crippen LogP contribution in [0, 0.1) is 5.92 Å². The molecule has 4 rings (SSSR count). The SMILES string of the molecule is CN1CCN(c2cc(N3CCCC(CNC(=O)c4ccco4)C3)ncn2)CC1=O. The summed E-state index contributed by atoms with van der Waals surface area (Å²) < 4.78 is 5.14. The van der Waals surface area contributed by atoms with Crippen LogP contribution < -0.4 is 15.1 Å². The van der Waals surface area contributed by atoms with Gasteiger partial charge in [0.15, 0.2) is 5.76 Å². The number of hydrogen-bond donors (Lipinski definition) is 1. The molecule has 1 atom stereocenters. The summed E-state index contributed by atoms with van der Waals surface area (Å²) in [4.78, 5) is 38.9. The number of carbonyl (C=O) groups excluding carboxylic acids is 2. The predicted octanol–water partition coefficient (Wildman–Crippen LogP) is 0.994. The molecule has 2 saturated heterocycles. The summed E-state index contributed by atoms with van der Waals surface area (Å²) in [6, 6.07) is 5.33. The maximum atomic E-state index is 12.1. The zero-order valence-electron chi connectivity index (χ0n) is 16.6.